The molecule has 5 heteroatoms. The molecule has 1 saturated heterocycles. The minimum atomic E-state index is 0.0124. The van der Waals surface area contributed by atoms with E-state index in [-0.39, 0.29) is 5.91 Å². The highest BCUT2D eigenvalue weighted by Crippen LogP contribution is 2.20. The van der Waals surface area contributed by atoms with Crippen LogP contribution >= 0.6 is 0 Å². The third kappa shape index (κ3) is 5.73. The van der Waals surface area contributed by atoms with Gasteiger partial charge in [-0.2, -0.15) is 0 Å². The predicted octanol–water partition coefficient (Wildman–Crippen LogP) is 3.43. The van der Waals surface area contributed by atoms with Gasteiger partial charge in [-0.3, -0.25) is 9.69 Å². The highest BCUT2D eigenvalue weighted by Gasteiger charge is 2.12. The summed E-state index contributed by atoms with van der Waals surface area (Å²) in [7, 11) is 3.62. The van der Waals surface area contributed by atoms with Crippen molar-refractivity contribution in [3.05, 3.63) is 59.7 Å². The third-order valence-electron chi connectivity index (χ3n) is 5.19. The zero-order valence-corrected chi connectivity index (χ0v) is 17.0. The second-order valence-corrected chi connectivity index (χ2v) is 7.48. The molecule has 0 radical (unpaired) electrons. The van der Waals surface area contributed by atoms with Crippen LogP contribution in [0.4, 0.5) is 5.69 Å². The van der Waals surface area contributed by atoms with E-state index in [0.29, 0.717) is 13.1 Å². The maximum Gasteiger partial charge on any atom is 0.234 e. The van der Waals surface area contributed by atoms with Gasteiger partial charge >= 0.3 is 0 Å². The molecule has 2 aromatic carbocycles. The average Bonchev–Trinajstić information content (AvgIpc) is 2.73. The van der Waals surface area contributed by atoms with E-state index in [1.54, 1.807) is 7.11 Å². The molecule has 0 aliphatic carbocycles. The van der Waals surface area contributed by atoms with Crippen molar-refractivity contribution < 1.29 is 9.53 Å². The second-order valence-electron chi connectivity index (χ2n) is 7.48. The van der Waals surface area contributed by atoms with Crippen LogP contribution in [-0.4, -0.2) is 44.6 Å². The van der Waals surface area contributed by atoms with Crippen molar-refractivity contribution >= 4 is 11.6 Å². The number of benzene rings is 2. The molecule has 1 aliphatic heterocycles. The number of nitrogens with zero attached hydrogens (tertiary/aromatic N) is 2. The molecule has 5 nitrogen and oxygen atoms in total. The quantitative estimate of drug-likeness (QED) is 0.761. The van der Waals surface area contributed by atoms with Crippen LogP contribution in [0.3, 0.4) is 0 Å². The largest absolute Gasteiger partial charge is 0.496 e. The first-order valence-electron chi connectivity index (χ1n) is 10.1. The van der Waals surface area contributed by atoms with Crippen molar-refractivity contribution in [2.24, 2.45) is 0 Å². The van der Waals surface area contributed by atoms with Gasteiger partial charge in [0.25, 0.3) is 0 Å². The number of para-hydroxylation sites is 1. The second kappa shape index (κ2) is 10.1. The summed E-state index contributed by atoms with van der Waals surface area (Å²) >= 11 is 0. The molecular formula is C23H31N3O2. The number of hydrogen-bond acceptors (Lipinski definition) is 4. The molecule has 0 saturated carbocycles. The molecule has 0 bridgehead atoms. The summed E-state index contributed by atoms with van der Waals surface area (Å²) in [6.45, 7) is 3.91. The SMILES string of the molecule is COc1ccccc1CNC(=O)CN(C)Cc1ccc(N2CCCCC2)cc1. The Labute approximate surface area is 168 Å². The lowest BCUT2D eigenvalue weighted by Crippen LogP contribution is -2.34. The normalized spacial score (nSPS) is 14.2. The first-order chi connectivity index (χ1) is 13.7. The number of carbonyl (C=O) groups is 1. The number of nitrogens with one attached hydrogen (secondary N) is 1. The number of rotatable bonds is 8. The number of likely N-dealkylation sites (N-methyl/N-ethyl adjacent to an activating group) is 1. The van der Waals surface area contributed by atoms with Gasteiger partial charge in [0.1, 0.15) is 5.75 Å². The van der Waals surface area contributed by atoms with Gasteiger partial charge < -0.3 is 15.0 Å². The van der Waals surface area contributed by atoms with Crippen molar-refractivity contribution in [3.8, 4) is 5.75 Å². The molecule has 1 heterocycles. The lowest BCUT2D eigenvalue weighted by molar-refractivity contribution is -0.122. The summed E-state index contributed by atoms with van der Waals surface area (Å²) < 4.78 is 5.33. The Bertz CT molecular complexity index is 755. The molecule has 28 heavy (non-hydrogen) atoms. The van der Waals surface area contributed by atoms with Crippen LogP contribution in [0, 0.1) is 0 Å². The standard InChI is InChI=1S/C23H31N3O2/c1-25(18-23(27)24-16-20-8-4-5-9-22(20)28-2)17-19-10-12-21(13-11-19)26-14-6-3-7-15-26/h4-5,8-13H,3,6-7,14-18H2,1-2H3,(H,24,27). The Hall–Kier alpha value is -2.53. The Kier molecular flexibility index (Phi) is 7.31. The van der Waals surface area contributed by atoms with E-state index in [1.807, 2.05) is 36.2 Å². The van der Waals surface area contributed by atoms with E-state index >= 15 is 0 Å². The van der Waals surface area contributed by atoms with Crippen molar-refractivity contribution in [1.82, 2.24) is 10.2 Å². The van der Waals surface area contributed by atoms with Gasteiger partial charge in [-0.25, -0.2) is 0 Å². The lowest BCUT2D eigenvalue weighted by Gasteiger charge is -2.29. The fourth-order valence-electron chi connectivity index (χ4n) is 3.68. The summed E-state index contributed by atoms with van der Waals surface area (Å²) in [5.74, 6) is 0.809. The summed E-state index contributed by atoms with van der Waals surface area (Å²) in [6, 6.07) is 16.5. The summed E-state index contributed by atoms with van der Waals surface area (Å²) in [4.78, 5) is 16.8. The number of amides is 1. The Morgan fingerprint density at radius 2 is 1.79 bits per heavy atom. The molecule has 0 unspecified atom stereocenters. The van der Waals surface area contributed by atoms with Crippen molar-refractivity contribution in [3.63, 3.8) is 0 Å². The maximum atomic E-state index is 12.3. The Morgan fingerprint density at radius 1 is 1.07 bits per heavy atom. The van der Waals surface area contributed by atoms with Crippen molar-refractivity contribution in [2.45, 2.75) is 32.4 Å². The fraction of sp³-hybridized carbons (Fsp3) is 0.435. The molecule has 0 atom stereocenters. The van der Waals surface area contributed by atoms with Crippen LogP contribution in [0.5, 0.6) is 5.75 Å². The van der Waals surface area contributed by atoms with Crippen LogP contribution in [-0.2, 0) is 17.9 Å². The molecule has 0 aromatic heterocycles. The predicted molar refractivity (Wildman–Crippen MR) is 114 cm³/mol. The molecule has 3 rings (SSSR count). The average molecular weight is 382 g/mol. The van der Waals surface area contributed by atoms with Crippen LogP contribution in [0.1, 0.15) is 30.4 Å². The van der Waals surface area contributed by atoms with Gasteiger partial charge in [-0.15, -0.1) is 0 Å². The van der Waals surface area contributed by atoms with Gasteiger partial charge in [-0.1, -0.05) is 30.3 Å². The van der Waals surface area contributed by atoms with E-state index in [9.17, 15) is 4.79 Å². The zero-order valence-electron chi connectivity index (χ0n) is 17.0. The minimum Gasteiger partial charge on any atom is -0.496 e. The summed E-state index contributed by atoms with van der Waals surface area (Å²) in [5, 5.41) is 2.98. The minimum absolute atomic E-state index is 0.0124. The van der Waals surface area contributed by atoms with Gasteiger partial charge in [0, 0.05) is 37.4 Å². The summed E-state index contributed by atoms with van der Waals surface area (Å²) in [5.41, 5.74) is 3.51. The van der Waals surface area contributed by atoms with Crippen molar-refractivity contribution in [1.29, 1.82) is 0 Å². The zero-order chi connectivity index (χ0) is 19.8. The number of ether oxygens (including phenoxy) is 1. The van der Waals surface area contributed by atoms with E-state index in [1.165, 1.54) is 30.5 Å². The van der Waals surface area contributed by atoms with Gasteiger partial charge in [0.15, 0.2) is 0 Å². The van der Waals surface area contributed by atoms with Gasteiger partial charge in [0.05, 0.1) is 13.7 Å². The molecule has 2 aromatic rings. The molecule has 150 valence electrons. The third-order valence-corrected chi connectivity index (χ3v) is 5.19. The number of carbonyl (C=O) groups excluding carboxylic acids is 1. The molecule has 1 aliphatic rings. The Morgan fingerprint density at radius 3 is 2.50 bits per heavy atom. The molecule has 1 N–H and O–H groups in total. The van der Waals surface area contributed by atoms with Crippen LogP contribution < -0.4 is 15.0 Å². The van der Waals surface area contributed by atoms with E-state index in [4.69, 9.17) is 4.74 Å². The highest BCUT2D eigenvalue weighted by atomic mass is 16.5. The van der Waals surface area contributed by atoms with Crippen LogP contribution in [0.25, 0.3) is 0 Å². The van der Waals surface area contributed by atoms with E-state index < -0.39 is 0 Å². The topological polar surface area (TPSA) is 44.8 Å². The van der Waals surface area contributed by atoms with E-state index in [0.717, 1.165) is 30.9 Å². The lowest BCUT2D eigenvalue weighted by atomic mass is 10.1. The van der Waals surface area contributed by atoms with Gasteiger partial charge in [-0.05, 0) is 50.1 Å². The highest BCUT2D eigenvalue weighted by molar-refractivity contribution is 5.78. The van der Waals surface area contributed by atoms with Gasteiger partial charge in [0.2, 0.25) is 5.91 Å². The number of methoxy groups -OCH3 is 1. The summed E-state index contributed by atoms with van der Waals surface area (Å²) in [6.07, 6.45) is 3.92. The molecule has 0 spiro atoms. The smallest absolute Gasteiger partial charge is 0.234 e. The fourth-order valence-corrected chi connectivity index (χ4v) is 3.68. The monoisotopic (exact) mass is 381 g/mol. The first kappa shape index (κ1) is 20.2. The molecule has 1 amide bonds. The van der Waals surface area contributed by atoms with E-state index in [2.05, 4.69) is 34.5 Å². The number of hydrogen-bond donors (Lipinski definition) is 1. The molecule has 1 fully saturated rings. The molecular weight excluding hydrogens is 350 g/mol. The Balaban J connectivity index is 1.45. The van der Waals surface area contributed by atoms with Crippen LogP contribution in [0.15, 0.2) is 48.5 Å². The first-order valence-corrected chi connectivity index (χ1v) is 10.1. The van der Waals surface area contributed by atoms with Crippen LogP contribution in [0.2, 0.25) is 0 Å². The number of piperidine rings is 1. The maximum absolute atomic E-state index is 12.3. The van der Waals surface area contributed by atoms with Crippen molar-refractivity contribution in [2.75, 3.05) is 38.7 Å². The number of anilines is 1.